The average molecular weight is 155 g/mol. The molecule has 2 unspecified atom stereocenters. The first-order valence-corrected chi connectivity index (χ1v) is 4.82. The molecule has 0 amide bonds. The van der Waals surface area contributed by atoms with Crippen molar-refractivity contribution in [3.05, 3.63) is 0 Å². The molecule has 8 heavy (non-hydrogen) atoms. The molecular formula is C4H7ClO2S. The average Bonchev–Trinajstić information content (AvgIpc) is 2.13. The first kappa shape index (κ1) is 6.36. The Morgan fingerprint density at radius 1 is 1.62 bits per heavy atom. The van der Waals surface area contributed by atoms with Gasteiger partial charge >= 0.3 is 0 Å². The van der Waals surface area contributed by atoms with E-state index in [1.54, 1.807) is 0 Å². The van der Waals surface area contributed by atoms with Crippen LogP contribution in [0.5, 0.6) is 0 Å². The largest absolute Gasteiger partial charge is 0.235 e. The van der Waals surface area contributed by atoms with Crippen molar-refractivity contribution in [2.45, 2.75) is 18.6 Å². The molecule has 2 nitrogen and oxygen atoms in total. The molecule has 0 aromatic rings. The number of rotatable bonds is 1. The number of halogens is 1. The monoisotopic (exact) mass is 154 g/mol. The zero-order valence-corrected chi connectivity index (χ0v) is 6.04. The van der Waals surface area contributed by atoms with Crippen molar-refractivity contribution in [1.29, 1.82) is 0 Å². The topological polar surface area (TPSA) is 34.1 Å². The van der Waals surface area contributed by atoms with E-state index in [4.69, 9.17) is 10.7 Å². The zero-order valence-electron chi connectivity index (χ0n) is 4.46. The van der Waals surface area contributed by atoms with Crippen LogP contribution in [0.25, 0.3) is 0 Å². The molecule has 48 valence electrons. The summed E-state index contributed by atoms with van der Waals surface area (Å²) in [6, 6.07) is 0. The third kappa shape index (κ3) is 1.14. The zero-order chi connectivity index (χ0) is 6.36. The van der Waals surface area contributed by atoms with Crippen LogP contribution in [-0.2, 0) is 9.05 Å². The molecule has 1 rings (SSSR count). The van der Waals surface area contributed by atoms with E-state index in [1.165, 1.54) is 0 Å². The number of hydrogen-bond acceptors (Lipinski definition) is 2. The van der Waals surface area contributed by atoms with Crippen LogP contribution in [0.2, 0.25) is 0 Å². The second-order valence-electron chi connectivity index (χ2n) is 2.23. The van der Waals surface area contributed by atoms with Gasteiger partial charge in [0.25, 0.3) is 0 Å². The van der Waals surface area contributed by atoms with E-state index in [9.17, 15) is 8.42 Å². The van der Waals surface area contributed by atoms with Gasteiger partial charge in [-0.2, -0.15) is 0 Å². The summed E-state index contributed by atoms with van der Waals surface area (Å²) in [5.41, 5.74) is 0. The van der Waals surface area contributed by atoms with Crippen molar-refractivity contribution in [3.8, 4) is 0 Å². The van der Waals surface area contributed by atoms with E-state index in [-0.39, 0.29) is 11.2 Å². The number of hydrogen-bond donors (Lipinski definition) is 0. The second kappa shape index (κ2) is 1.61. The van der Waals surface area contributed by atoms with Gasteiger partial charge in [-0.15, -0.1) is 0 Å². The standard InChI is InChI=1S/C4H7ClO2S/c1-3-2-4(3)8(5,6)7/h3-4H,2H2,1H3. The molecule has 0 heterocycles. The quantitative estimate of drug-likeness (QED) is 0.528. The lowest BCUT2D eigenvalue weighted by molar-refractivity contribution is 0.606. The van der Waals surface area contributed by atoms with Crippen LogP contribution < -0.4 is 0 Å². The van der Waals surface area contributed by atoms with Crippen molar-refractivity contribution in [2.75, 3.05) is 0 Å². The summed E-state index contributed by atoms with van der Waals surface area (Å²) in [5, 5.41) is -0.246. The van der Waals surface area contributed by atoms with Crippen molar-refractivity contribution in [2.24, 2.45) is 5.92 Å². The van der Waals surface area contributed by atoms with Crippen LogP contribution in [0.4, 0.5) is 0 Å². The van der Waals surface area contributed by atoms with Crippen molar-refractivity contribution < 1.29 is 8.42 Å². The summed E-state index contributed by atoms with van der Waals surface area (Å²) in [4.78, 5) is 0. The van der Waals surface area contributed by atoms with E-state index in [1.807, 2.05) is 6.92 Å². The minimum atomic E-state index is -3.21. The SMILES string of the molecule is CC1CC1S(=O)(=O)Cl. The Balaban J connectivity index is 2.66. The summed E-state index contributed by atoms with van der Waals surface area (Å²) in [6.45, 7) is 1.88. The highest BCUT2D eigenvalue weighted by molar-refractivity contribution is 8.14. The van der Waals surface area contributed by atoms with Gasteiger partial charge in [-0.1, -0.05) is 6.92 Å². The van der Waals surface area contributed by atoms with Crippen LogP contribution in [0.15, 0.2) is 0 Å². The maximum absolute atomic E-state index is 10.4. The van der Waals surface area contributed by atoms with Gasteiger partial charge in [-0.25, -0.2) is 8.42 Å². The lowest BCUT2D eigenvalue weighted by Crippen LogP contribution is -1.97. The maximum atomic E-state index is 10.4. The molecule has 1 aliphatic rings. The molecule has 0 bridgehead atoms. The summed E-state index contributed by atoms with van der Waals surface area (Å²) in [7, 11) is 1.79. The van der Waals surface area contributed by atoms with Crippen LogP contribution in [-0.4, -0.2) is 13.7 Å². The van der Waals surface area contributed by atoms with E-state index in [2.05, 4.69) is 0 Å². The van der Waals surface area contributed by atoms with E-state index in [0.29, 0.717) is 0 Å². The van der Waals surface area contributed by atoms with Crippen LogP contribution in [0.3, 0.4) is 0 Å². The highest BCUT2D eigenvalue weighted by Gasteiger charge is 2.42. The van der Waals surface area contributed by atoms with Gasteiger partial charge in [-0.3, -0.25) is 0 Å². The Labute approximate surface area is 53.3 Å². The van der Waals surface area contributed by atoms with Crippen LogP contribution in [0.1, 0.15) is 13.3 Å². The molecule has 0 spiro atoms. The van der Waals surface area contributed by atoms with Crippen LogP contribution in [0, 0.1) is 5.92 Å². The molecule has 0 aromatic heterocycles. The third-order valence-electron chi connectivity index (χ3n) is 1.40. The molecule has 2 atom stereocenters. The molecule has 0 N–H and O–H groups in total. The third-order valence-corrected chi connectivity index (χ3v) is 3.46. The molecule has 0 aromatic carbocycles. The fraction of sp³-hybridized carbons (Fsp3) is 1.00. The normalized spacial score (nSPS) is 37.2. The van der Waals surface area contributed by atoms with Gasteiger partial charge in [0, 0.05) is 10.7 Å². The molecule has 1 saturated carbocycles. The Bertz CT molecular complexity index is 184. The van der Waals surface area contributed by atoms with Crippen molar-refractivity contribution in [1.82, 2.24) is 0 Å². The second-order valence-corrected chi connectivity index (χ2v) is 5.07. The first-order chi connectivity index (χ1) is 3.52. The van der Waals surface area contributed by atoms with Gasteiger partial charge in [0.2, 0.25) is 9.05 Å². The van der Waals surface area contributed by atoms with E-state index < -0.39 is 9.05 Å². The van der Waals surface area contributed by atoms with E-state index in [0.717, 1.165) is 6.42 Å². The molecule has 4 heteroatoms. The predicted molar refractivity (Wildman–Crippen MR) is 32.3 cm³/mol. The Morgan fingerprint density at radius 3 is 2.00 bits per heavy atom. The Hall–Kier alpha value is 0.240. The van der Waals surface area contributed by atoms with Gasteiger partial charge in [-0.05, 0) is 12.3 Å². The van der Waals surface area contributed by atoms with Crippen molar-refractivity contribution in [3.63, 3.8) is 0 Å². The molecule has 0 radical (unpaired) electrons. The minimum Gasteiger partial charge on any atom is -0.212 e. The van der Waals surface area contributed by atoms with Gasteiger partial charge in [0.05, 0.1) is 5.25 Å². The Kier molecular flexibility index (Phi) is 1.28. The minimum absolute atomic E-state index is 0.246. The maximum Gasteiger partial charge on any atom is 0.235 e. The van der Waals surface area contributed by atoms with Gasteiger partial charge in [0.1, 0.15) is 0 Å². The molecule has 0 aliphatic heterocycles. The van der Waals surface area contributed by atoms with E-state index >= 15 is 0 Å². The first-order valence-electron chi connectivity index (χ1n) is 2.45. The fourth-order valence-electron chi connectivity index (χ4n) is 0.680. The summed E-state index contributed by atoms with van der Waals surface area (Å²) < 4.78 is 20.7. The summed E-state index contributed by atoms with van der Waals surface area (Å²) >= 11 is 0. The molecule has 1 aliphatic carbocycles. The smallest absolute Gasteiger partial charge is 0.212 e. The summed E-state index contributed by atoms with van der Waals surface area (Å²) in [6.07, 6.45) is 0.742. The lowest BCUT2D eigenvalue weighted by Gasteiger charge is -1.84. The Morgan fingerprint density at radius 2 is 2.00 bits per heavy atom. The lowest BCUT2D eigenvalue weighted by atomic mass is 10.5. The fourth-order valence-corrected chi connectivity index (χ4v) is 2.51. The highest BCUT2D eigenvalue weighted by atomic mass is 35.7. The molecule has 0 saturated heterocycles. The van der Waals surface area contributed by atoms with Crippen molar-refractivity contribution >= 4 is 19.7 Å². The summed E-state index contributed by atoms with van der Waals surface area (Å²) in [5.74, 6) is 0.289. The molecule has 1 fully saturated rings. The van der Waals surface area contributed by atoms with Crippen LogP contribution >= 0.6 is 10.7 Å². The highest BCUT2D eigenvalue weighted by Crippen LogP contribution is 2.38. The van der Waals surface area contributed by atoms with Gasteiger partial charge < -0.3 is 0 Å². The molecular weight excluding hydrogens is 148 g/mol. The predicted octanol–water partition coefficient (Wildman–Crippen LogP) is 0.963. The van der Waals surface area contributed by atoms with Gasteiger partial charge in [0.15, 0.2) is 0 Å².